The molecule has 2 amide bonds. The number of para-hydroxylation sites is 1. The average Bonchev–Trinajstić information content (AvgIpc) is 2.85. The molecule has 0 spiro atoms. The van der Waals surface area contributed by atoms with Gasteiger partial charge in [0.1, 0.15) is 0 Å². The molecule has 2 atom stereocenters. The Morgan fingerprint density at radius 2 is 1.87 bits per heavy atom. The third-order valence-electron chi connectivity index (χ3n) is 4.70. The zero-order valence-corrected chi connectivity index (χ0v) is 19.1. The Labute approximate surface area is 192 Å². The quantitative estimate of drug-likeness (QED) is 0.259. The fourth-order valence-electron chi connectivity index (χ4n) is 3.28. The number of rotatable bonds is 8. The Kier molecular flexibility index (Phi) is 8.33. The van der Waals surface area contributed by atoms with Crippen molar-refractivity contribution in [2.45, 2.75) is 10.9 Å². The molecule has 8 nitrogen and oxygen atoms in total. The molecule has 0 fully saturated rings. The first-order valence-corrected chi connectivity index (χ1v) is 12.1. The lowest BCUT2D eigenvalue weighted by molar-refractivity contribution is -0.126. The van der Waals surface area contributed by atoms with Crippen LogP contribution in [0.15, 0.2) is 47.4 Å². The number of hydrogen-bond acceptors (Lipinski definition) is 6. The molecule has 1 aliphatic rings. The molecule has 11 heteroatoms. The molecule has 0 saturated carbocycles. The van der Waals surface area contributed by atoms with Crippen molar-refractivity contribution in [1.82, 2.24) is 16.1 Å². The zero-order valence-electron chi connectivity index (χ0n) is 16.8. The van der Waals surface area contributed by atoms with Crippen molar-refractivity contribution in [3.63, 3.8) is 0 Å². The third-order valence-corrected chi connectivity index (χ3v) is 7.29. The molecule has 1 aliphatic heterocycles. The van der Waals surface area contributed by atoms with Gasteiger partial charge in [0.15, 0.2) is 11.0 Å². The van der Waals surface area contributed by atoms with Crippen LogP contribution in [0.2, 0.25) is 5.02 Å². The molecule has 3 rings (SSSR count). The smallest absolute Gasteiger partial charge is 0.253 e. The molecule has 1 heterocycles. The normalized spacial score (nSPS) is 17.3. The van der Waals surface area contributed by atoms with Gasteiger partial charge in [0.25, 0.3) is 5.91 Å². The summed E-state index contributed by atoms with van der Waals surface area (Å²) in [6.45, 7) is 0.858. The Bertz CT molecular complexity index is 991. The molecule has 0 saturated heterocycles. The van der Waals surface area contributed by atoms with E-state index in [1.54, 1.807) is 23.5 Å². The van der Waals surface area contributed by atoms with Gasteiger partial charge in [-0.3, -0.25) is 19.1 Å². The summed E-state index contributed by atoms with van der Waals surface area (Å²) in [5.41, 5.74) is 4.23. The molecule has 2 aromatic rings. The summed E-state index contributed by atoms with van der Waals surface area (Å²) in [6, 6.07) is 12.9. The standard InChI is InChI=1S/C20H23ClN4O4S2/c1-25-16-5-3-2-4-14(16)20(15-7-6-13(21)10-17(15)31(25)29)23-9-8-22-18(26)11-30-12-19(27)24-28/h2-7,10,20,23,28H,8-9,11-12H2,1H3,(H,22,26)(H,24,27). The number of carbonyl (C=O) groups excluding carboxylic acids is 2. The molecular weight excluding hydrogens is 460 g/mol. The summed E-state index contributed by atoms with van der Waals surface area (Å²) in [6.07, 6.45) is 0. The van der Waals surface area contributed by atoms with Gasteiger partial charge in [0.2, 0.25) is 5.91 Å². The van der Waals surface area contributed by atoms with Gasteiger partial charge >= 0.3 is 0 Å². The summed E-state index contributed by atoms with van der Waals surface area (Å²) in [5, 5.41) is 15.2. The van der Waals surface area contributed by atoms with Crippen LogP contribution in [0, 0.1) is 0 Å². The molecule has 4 N–H and O–H groups in total. The van der Waals surface area contributed by atoms with Crippen LogP contribution in [0.4, 0.5) is 5.69 Å². The molecule has 2 unspecified atom stereocenters. The number of thioether (sulfide) groups is 1. The number of carbonyl (C=O) groups is 2. The van der Waals surface area contributed by atoms with Gasteiger partial charge in [-0.05, 0) is 29.3 Å². The van der Waals surface area contributed by atoms with Crippen LogP contribution in [0.1, 0.15) is 17.2 Å². The average molecular weight is 483 g/mol. The van der Waals surface area contributed by atoms with Crippen LogP contribution in [-0.2, 0) is 20.6 Å². The number of nitrogens with one attached hydrogen (secondary N) is 3. The first kappa shape index (κ1) is 23.6. The van der Waals surface area contributed by atoms with Crippen molar-refractivity contribution in [2.24, 2.45) is 0 Å². The monoisotopic (exact) mass is 482 g/mol. The Morgan fingerprint density at radius 1 is 1.13 bits per heavy atom. The van der Waals surface area contributed by atoms with E-state index in [4.69, 9.17) is 16.8 Å². The predicted octanol–water partition coefficient (Wildman–Crippen LogP) is 1.85. The van der Waals surface area contributed by atoms with Crippen LogP contribution < -0.4 is 20.4 Å². The number of halogens is 1. The zero-order chi connectivity index (χ0) is 22.4. The van der Waals surface area contributed by atoms with Gasteiger partial charge in [-0.2, -0.15) is 0 Å². The number of anilines is 1. The molecule has 31 heavy (non-hydrogen) atoms. The van der Waals surface area contributed by atoms with E-state index in [1.807, 2.05) is 30.3 Å². The molecule has 0 aliphatic carbocycles. The maximum Gasteiger partial charge on any atom is 0.253 e. The number of hydrogen-bond donors (Lipinski definition) is 4. The van der Waals surface area contributed by atoms with E-state index in [-0.39, 0.29) is 23.5 Å². The summed E-state index contributed by atoms with van der Waals surface area (Å²) in [7, 11) is 0.382. The number of nitrogens with zero attached hydrogens (tertiary/aromatic N) is 1. The van der Waals surface area contributed by atoms with Crippen LogP contribution in [0.3, 0.4) is 0 Å². The highest BCUT2D eigenvalue weighted by molar-refractivity contribution is 8.00. The van der Waals surface area contributed by atoms with Crippen molar-refractivity contribution in [3.05, 3.63) is 58.6 Å². The Hall–Kier alpha value is -2.11. The van der Waals surface area contributed by atoms with E-state index >= 15 is 0 Å². The van der Waals surface area contributed by atoms with Crippen LogP contribution in [-0.4, -0.2) is 52.9 Å². The Morgan fingerprint density at radius 3 is 2.65 bits per heavy atom. The summed E-state index contributed by atoms with van der Waals surface area (Å²) in [5.74, 6) is -0.630. The lowest BCUT2D eigenvalue weighted by Gasteiger charge is -2.22. The topological polar surface area (TPSA) is 111 Å². The van der Waals surface area contributed by atoms with E-state index in [0.29, 0.717) is 23.0 Å². The lowest BCUT2D eigenvalue weighted by Crippen LogP contribution is -2.35. The maximum absolute atomic E-state index is 13.1. The minimum absolute atomic E-state index is 0.00499. The highest BCUT2D eigenvalue weighted by Crippen LogP contribution is 2.39. The lowest BCUT2D eigenvalue weighted by atomic mass is 9.97. The predicted molar refractivity (Wildman–Crippen MR) is 123 cm³/mol. The van der Waals surface area contributed by atoms with Crippen LogP contribution in [0.5, 0.6) is 0 Å². The molecule has 0 bridgehead atoms. The third kappa shape index (κ3) is 5.78. The molecular formula is C20H23ClN4O4S2. The van der Waals surface area contributed by atoms with Gasteiger partial charge in [-0.1, -0.05) is 35.9 Å². The van der Waals surface area contributed by atoms with Crippen molar-refractivity contribution >= 4 is 51.9 Å². The highest BCUT2D eigenvalue weighted by atomic mass is 35.5. The van der Waals surface area contributed by atoms with Crippen molar-refractivity contribution < 1.29 is 19.0 Å². The van der Waals surface area contributed by atoms with Crippen molar-refractivity contribution in [2.75, 3.05) is 35.9 Å². The fraction of sp³-hybridized carbons (Fsp3) is 0.300. The second kappa shape index (κ2) is 11.0. The van der Waals surface area contributed by atoms with E-state index < -0.39 is 16.9 Å². The van der Waals surface area contributed by atoms with E-state index in [9.17, 15) is 13.8 Å². The van der Waals surface area contributed by atoms with E-state index in [0.717, 1.165) is 28.6 Å². The van der Waals surface area contributed by atoms with Gasteiger partial charge < -0.3 is 10.6 Å². The minimum Gasteiger partial charge on any atom is -0.354 e. The minimum atomic E-state index is -1.41. The molecule has 2 aromatic carbocycles. The summed E-state index contributed by atoms with van der Waals surface area (Å²) >= 11 is 7.28. The van der Waals surface area contributed by atoms with Gasteiger partial charge in [-0.25, -0.2) is 9.69 Å². The summed E-state index contributed by atoms with van der Waals surface area (Å²) < 4.78 is 14.9. The van der Waals surface area contributed by atoms with Gasteiger partial charge in [0, 0.05) is 25.2 Å². The largest absolute Gasteiger partial charge is 0.354 e. The SMILES string of the molecule is CN1c2ccccc2C(NCCNC(=O)CSCC(=O)NO)c2ccc(Cl)cc2S1=O. The first-order valence-electron chi connectivity index (χ1n) is 9.47. The number of fused-ring (bicyclic) bond motifs is 2. The maximum atomic E-state index is 13.1. The summed E-state index contributed by atoms with van der Waals surface area (Å²) in [4.78, 5) is 23.5. The van der Waals surface area contributed by atoms with Crippen molar-refractivity contribution in [3.8, 4) is 0 Å². The van der Waals surface area contributed by atoms with Crippen LogP contribution in [0.25, 0.3) is 0 Å². The van der Waals surface area contributed by atoms with Crippen molar-refractivity contribution in [1.29, 1.82) is 0 Å². The van der Waals surface area contributed by atoms with Gasteiger partial charge in [-0.15, -0.1) is 11.8 Å². The number of benzene rings is 2. The van der Waals surface area contributed by atoms with Crippen LogP contribution >= 0.6 is 23.4 Å². The second-order valence-corrected chi connectivity index (χ2v) is 9.66. The molecule has 166 valence electrons. The fourth-order valence-corrected chi connectivity index (χ4v) is 5.41. The first-order chi connectivity index (χ1) is 14.9. The van der Waals surface area contributed by atoms with E-state index in [1.165, 1.54) is 5.48 Å². The second-order valence-electron chi connectivity index (χ2n) is 6.75. The van der Waals surface area contributed by atoms with E-state index in [2.05, 4.69) is 10.6 Å². The number of amides is 2. The molecule has 0 radical (unpaired) electrons. The number of hydroxylamine groups is 1. The molecule has 0 aromatic heterocycles. The van der Waals surface area contributed by atoms with Gasteiger partial charge in [0.05, 0.1) is 28.1 Å². The highest BCUT2D eigenvalue weighted by Gasteiger charge is 2.29. The Balaban J connectivity index is 1.69.